The fourth-order valence-corrected chi connectivity index (χ4v) is 3.21. The number of rotatable bonds is 6. The molecule has 2 aromatic rings. The van der Waals surface area contributed by atoms with Crippen LogP contribution in [0.4, 0.5) is 11.4 Å². The van der Waals surface area contributed by atoms with Crippen LogP contribution in [0.3, 0.4) is 0 Å². The van der Waals surface area contributed by atoms with Crippen molar-refractivity contribution < 1.29 is 22.7 Å². The van der Waals surface area contributed by atoms with E-state index in [1.807, 2.05) is 0 Å². The lowest BCUT2D eigenvalue weighted by Crippen LogP contribution is -2.22. The number of hydrogen-bond acceptors (Lipinski definition) is 5. The van der Waals surface area contributed by atoms with Gasteiger partial charge in [-0.2, -0.15) is 0 Å². The Morgan fingerprint density at radius 2 is 1.60 bits per heavy atom. The Morgan fingerprint density at radius 1 is 1.00 bits per heavy atom. The van der Waals surface area contributed by atoms with Gasteiger partial charge >= 0.3 is 0 Å². The van der Waals surface area contributed by atoms with Gasteiger partial charge in [0.1, 0.15) is 0 Å². The summed E-state index contributed by atoms with van der Waals surface area (Å²) in [6, 6.07) is 10.8. The summed E-state index contributed by atoms with van der Waals surface area (Å²) in [7, 11) is 0.770. The van der Waals surface area contributed by atoms with Crippen molar-refractivity contribution in [2.24, 2.45) is 0 Å². The number of anilines is 2. The predicted octanol–water partition coefficient (Wildman–Crippen LogP) is 2.49. The van der Waals surface area contributed by atoms with Gasteiger partial charge in [0.2, 0.25) is 5.91 Å². The fourth-order valence-electron chi connectivity index (χ4n) is 2.13. The molecule has 0 saturated carbocycles. The first-order valence-electron chi connectivity index (χ1n) is 7.37. The average molecular weight is 364 g/mol. The van der Waals surface area contributed by atoms with Gasteiger partial charge < -0.3 is 14.4 Å². The zero-order chi connectivity index (χ0) is 18.6. The van der Waals surface area contributed by atoms with Crippen molar-refractivity contribution in [2.45, 2.75) is 11.8 Å². The van der Waals surface area contributed by atoms with E-state index in [0.29, 0.717) is 22.9 Å². The topological polar surface area (TPSA) is 84.9 Å². The van der Waals surface area contributed by atoms with Gasteiger partial charge in [-0.3, -0.25) is 9.52 Å². The highest BCUT2D eigenvalue weighted by Gasteiger charge is 2.17. The fraction of sp³-hybridized carbons (Fsp3) is 0.235. The van der Waals surface area contributed by atoms with Crippen LogP contribution in [-0.2, 0) is 14.8 Å². The quantitative estimate of drug-likeness (QED) is 0.851. The Bertz CT molecular complexity index is 863. The molecule has 0 radical (unpaired) electrons. The largest absolute Gasteiger partial charge is 0.493 e. The van der Waals surface area contributed by atoms with Crippen molar-refractivity contribution in [2.75, 3.05) is 30.9 Å². The molecule has 0 bridgehead atoms. The normalized spacial score (nSPS) is 10.9. The molecule has 0 aliphatic heterocycles. The number of nitrogens with one attached hydrogen (secondary N) is 1. The van der Waals surface area contributed by atoms with Crippen LogP contribution in [0.15, 0.2) is 47.4 Å². The van der Waals surface area contributed by atoms with Crippen LogP contribution in [0.5, 0.6) is 11.5 Å². The monoisotopic (exact) mass is 364 g/mol. The van der Waals surface area contributed by atoms with Crippen molar-refractivity contribution in [3.8, 4) is 11.5 Å². The van der Waals surface area contributed by atoms with Crippen LogP contribution >= 0.6 is 0 Å². The van der Waals surface area contributed by atoms with Gasteiger partial charge in [-0.25, -0.2) is 8.42 Å². The van der Waals surface area contributed by atoms with Crippen LogP contribution in [0.25, 0.3) is 0 Å². The van der Waals surface area contributed by atoms with E-state index in [1.54, 1.807) is 31.3 Å². The Morgan fingerprint density at radius 3 is 2.12 bits per heavy atom. The molecule has 0 aromatic heterocycles. The van der Waals surface area contributed by atoms with Gasteiger partial charge in [0.25, 0.3) is 10.0 Å². The second-order valence-electron chi connectivity index (χ2n) is 5.25. The molecule has 2 rings (SSSR count). The Hall–Kier alpha value is -2.74. The Labute approximate surface area is 147 Å². The van der Waals surface area contributed by atoms with Crippen LogP contribution in [-0.4, -0.2) is 35.6 Å². The maximum absolute atomic E-state index is 12.5. The molecule has 134 valence electrons. The number of benzene rings is 2. The third kappa shape index (κ3) is 4.21. The summed E-state index contributed by atoms with van der Waals surface area (Å²) < 4.78 is 37.8. The number of nitrogens with zero attached hydrogens (tertiary/aromatic N) is 1. The van der Waals surface area contributed by atoms with Crippen LogP contribution < -0.4 is 19.1 Å². The number of methoxy groups -OCH3 is 2. The van der Waals surface area contributed by atoms with Gasteiger partial charge in [-0.15, -0.1) is 0 Å². The van der Waals surface area contributed by atoms with Gasteiger partial charge in [0.05, 0.1) is 19.1 Å². The van der Waals surface area contributed by atoms with E-state index in [9.17, 15) is 13.2 Å². The van der Waals surface area contributed by atoms with Gasteiger partial charge in [-0.1, -0.05) is 0 Å². The van der Waals surface area contributed by atoms with E-state index in [0.717, 1.165) is 0 Å². The molecule has 2 aromatic carbocycles. The summed E-state index contributed by atoms with van der Waals surface area (Å²) in [6.45, 7) is 1.45. The Balaban J connectivity index is 2.25. The number of hydrogen-bond donors (Lipinski definition) is 1. The van der Waals surface area contributed by atoms with E-state index in [4.69, 9.17) is 9.47 Å². The number of sulfonamides is 1. The standard InChI is InChI=1S/C17H20N2O5S/c1-12(20)19(2)14-7-5-13(6-8-14)18-25(21,22)15-9-10-16(23-3)17(11-15)24-4/h5-11,18H,1-4H3. The van der Waals surface area contributed by atoms with Crippen molar-refractivity contribution in [1.29, 1.82) is 0 Å². The summed E-state index contributed by atoms with van der Waals surface area (Å²) in [6.07, 6.45) is 0. The molecule has 0 spiro atoms. The van der Waals surface area contributed by atoms with Gasteiger partial charge in [0, 0.05) is 31.4 Å². The maximum atomic E-state index is 12.5. The zero-order valence-corrected chi connectivity index (χ0v) is 15.3. The predicted molar refractivity (Wildman–Crippen MR) is 95.9 cm³/mol. The molecule has 7 nitrogen and oxygen atoms in total. The summed E-state index contributed by atoms with van der Waals surface area (Å²) >= 11 is 0. The Kier molecular flexibility index (Phi) is 5.53. The third-order valence-corrected chi connectivity index (χ3v) is 5.02. The number of carbonyl (C=O) groups is 1. The van der Waals surface area contributed by atoms with Gasteiger partial charge in [0.15, 0.2) is 11.5 Å². The molecule has 1 N–H and O–H groups in total. The summed E-state index contributed by atoms with van der Waals surface area (Å²) in [5.41, 5.74) is 1.05. The highest BCUT2D eigenvalue weighted by atomic mass is 32.2. The van der Waals surface area contributed by atoms with Crippen LogP contribution in [0.2, 0.25) is 0 Å². The minimum atomic E-state index is -3.79. The van der Waals surface area contributed by atoms with E-state index in [-0.39, 0.29) is 10.8 Å². The molecule has 1 amide bonds. The summed E-state index contributed by atoms with van der Waals surface area (Å²) in [4.78, 5) is 12.9. The SMILES string of the molecule is COc1ccc(S(=O)(=O)Nc2ccc(N(C)C(C)=O)cc2)cc1OC. The first-order chi connectivity index (χ1) is 11.8. The molecule has 8 heteroatoms. The lowest BCUT2D eigenvalue weighted by atomic mass is 10.2. The minimum absolute atomic E-state index is 0.0510. The molecule has 25 heavy (non-hydrogen) atoms. The van der Waals surface area contributed by atoms with E-state index in [2.05, 4.69) is 4.72 Å². The highest BCUT2D eigenvalue weighted by Crippen LogP contribution is 2.30. The minimum Gasteiger partial charge on any atom is -0.493 e. The molecular formula is C17H20N2O5S. The molecule has 0 atom stereocenters. The molecule has 0 unspecified atom stereocenters. The summed E-state index contributed by atoms with van der Waals surface area (Å²) in [5, 5.41) is 0. The second-order valence-corrected chi connectivity index (χ2v) is 6.93. The van der Waals surface area contributed by atoms with Crippen molar-refractivity contribution in [1.82, 2.24) is 0 Å². The lowest BCUT2D eigenvalue weighted by molar-refractivity contribution is -0.116. The molecule has 0 aliphatic rings. The zero-order valence-electron chi connectivity index (χ0n) is 14.4. The molecule has 0 fully saturated rings. The third-order valence-electron chi connectivity index (χ3n) is 3.64. The smallest absolute Gasteiger partial charge is 0.262 e. The highest BCUT2D eigenvalue weighted by molar-refractivity contribution is 7.92. The van der Waals surface area contributed by atoms with Gasteiger partial charge in [-0.05, 0) is 36.4 Å². The summed E-state index contributed by atoms with van der Waals surface area (Å²) in [5.74, 6) is 0.653. The van der Waals surface area contributed by atoms with Crippen LogP contribution in [0.1, 0.15) is 6.92 Å². The van der Waals surface area contributed by atoms with Crippen molar-refractivity contribution in [3.63, 3.8) is 0 Å². The van der Waals surface area contributed by atoms with Crippen molar-refractivity contribution >= 4 is 27.3 Å². The number of amides is 1. The number of ether oxygens (including phenoxy) is 2. The lowest BCUT2D eigenvalue weighted by Gasteiger charge is -2.16. The maximum Gasteiger partial charge on any atom is 0.262 e. The number of carbonyl (C=O) groups excluding carboxylic acids is 1. The molecule has 0 heterocycles. The molecule has 0 saturated heterocycles. The first-order valence-corrected chi connectivity index (χ1v) is 8.86. The van der Waals surface area contributed by atoms with E-state index in [1.165, 1.54) is 44.2 Å². The molecular weight excluding hydrogens is 344 g/mol. The van der Waals surface area contributed by atoms with E-state index < -0.39 is 10.0 Å². The van der Waals surface area contributed by atoms with Crippen molar-refractivity contribution in [3.05, 3.63) is 42.5 Å². The average Bonchev–Trinajstić information content (AvgIpc) is 2.60. The molecule has 0 aliphatic carbocycles. The first kappa shape index (κ1) is 18.6. The van der Waals surface area contributed by atoms with E-state index >= 15 is 0 Å². The second kappa shape index (κ2) is 7.43. The van der Waals surface area contributed by atoms with Crippen LogP contribution in [0, 0.1) is 0 Å².